The molecule has 0 aromatic carbocycles. The Labute approximate surface area is 196 Å². The maximum absolute atomic E-state index is 10.6. The number of rotatable bonds is 17. The Kier molecular flexibility index (Phi) is 13.2. The summed E-state index contributed by atoms with van der Waals surface area (Å²) in [6.07, 6.45) is 13.2. The molecule has 0 radical (unpaired) electrons. The smallest absolute Gasteiger partial charge is 0.303 e. The Balaban J connectivity index is 2.32. The van der Waals surface area contributed by atoms with Gasteiger partial charge in [0.05, 0.1) is 12.2 Å². The van der Waals surface area contributed by atoms with Gasteiger partial charge in [0, 0.05) is 12.3 Å². The molecule has 5 unspecified atom stereocenters. The summed E-state index contributed by atoms with van der Waals surface area (Å²) in [5, 5.41) is 29.1. The molecule has 186 valence electrons. The van der Waals surface area contributed by atoms with Gasteiger partial charge in [-0.2, -0.15) is 0 Å². The fourth-order valence-corrected chi connectivity index (χ4v) is 4.47. The highest BCUT2D eigenvalue weighted by molar-refractivity contribution is 5.66. The summed E-state index contributed by atoms with van der Waals surface area (Å²) < 4.78 is 6.30. The quantitative estimate of drug-likeness (QED) is 0.227. The monoisotopic (exact) mass is 452 g/mol. The number of unbranched alkanes of at least 4 members (excludes halogenated alkanes) is 1. The molecule has 5 nitrogen and oxygen atoms in total. The van der Waals surface area contributed by atoms with Crippen molar-refractivity contribution in [3.8, 4) is 0 Å². The molecular formula is C27H48O5. The molecule has 0 aliphatic heterocycles. The van der Waals surface area contributed by atoms with Crippen LogP contribution in [0.25, 0.3) is 0 Å². The van der Waals surface area contributed by atoms with Crippen molar-refractivity contribution in [3.63, 3.8) is 0 Å². The fraction of sp³-hybridized carbons (Fsp3) is 0.815. The lowest BCUT2D eigenvalue weighted by Crippen LogP contribution is -2.24. The minimum atomic E-state index is -0.769. The number of carboxylic acid groups (broad SMARTS) is 1. The van der Waals surface area contributed by atoms with Crippen LogP contribution in [0.3, 0.4) is 0 Å². The maximum atomic E-state index is 10.6. The van der Waals surface area contributed by atoms with Gasteiger partial charge in [0.25, 0.3) is 0 Å². The summed E-state index contributed by atoms with van der Waals surface area (Å²) in [5.74, 6) is 1.66. The zero-order valence-electron chi connectivity index (χ0n) is 21.1. The molecule has 0 aromatic rings. The van der Waals surface area contributed by atoms with Crippen LogP contribution in [0.4, 0.5) is 0 Å². The first-order valence-electron chi connectivity index (χ1n) is 12.7. The van der Waals surface area contributed by atoms with Crippen LogP contribution >= 0.6 is 0 Å². The molecule has 0 saturated heterocycles. The summed E-state index contributed by atoms with van der Waals surface area (Å²) in [5.41, 5.74) is 0.540. The first-order chi connectivity index (χ1) is 15.1. The molecule has 1 rings (SSSR count). The minimum Gasteiger partial charge on any atom is -0.492 e. The van der Waals surface area contributed by atoms with E-state index in [4.69, 9.17) is 9.84 Å². The number of hydrogen-bond acceptors (Lipinski definition) is 4. The Morgan fingerprint density at radius 1 is 1.12 bits per heavy atom. The second kappa shape index (κ2) is 14.7. The number of aliphatic hydroxyl groups excluding tert-OH is 1. The van der Waals surface area contributed by atoms with E-state index < -0.39 is 11.6 Å². The van der Waals surface area contributed by atoms with Crippen molar-refractivity contribution in [1.82, 2.24) is 0 Å². The lowest BCUT2D eigenvalue weighted by molar-refractivity contribution is -0.137. The molecule has 0 spiro atoms. The maximum Gasteiger partial charge on any atom is 0.303 e. The van der Waals surface area contributed by atoms with Crippen LogP contribution in [0.1, 0.15) is 105 Å². The number of ether oxygens (including phenoxy) is 1. The number of carboxylic acids is 1. The average Bonchev–Trinajstić information content (AvgIpc) is 2.73. The number of aliphatic carboxylic acids is 1. The van der Waals surface area contributed by atoms with Gasteiger partial charge in [0.2, 0.25) is 0 Å². The Hall–Kier alpha value is -1.33. The van der Waals surface area contributed by atoms with Crippen molar-refractivity contribution in [2.75, 3.05) is 6.61 Å². The Bertz CT molecular complexity index is 607. The average molecular weight is 453 g/mol. The molecule has 0 bridgehead atoms. The molecule has 0 fully saturated rings. The zero-order valence-corrected chi connectivity index (χ0v) is 21.1. The van der Waals surface area contributed by atoms with Crippen LogP contribution in [0.15, 0.2) is 23.5 Å². The van der Waals surface area contributed by atoms with Gasteiger partial charge < -0.3 is 20.1 Å². The van der Waals surface area contributed by atoms with Crippen LogP contribution in [-0.2, 0) is 9.53 Å². The second-order valence-corrected chi connectivity index (χ2v) is 10.2. The van der Waals surface area contributed by atoms with Crippen molar-refractivity contribution in [3.05, 3.63) is 23.5 Å². The third kappa shape index (κ3) is 11.0. The molecule has 5 heteroatoms. The number of aliphatic hydroxyl groups is 2. The van der Waals surface area contributed by atoms with Crippen LogP contribution in [-0.4, -0.2) is 39.6 Å². The Morgan fingerprint density at radius 2 is 1.78 bits per heavy atom. The highest BCUT2D eigenvalue weighted by Crippen LogP contribution is 2.33. The first kappa shape index (κ1) is 28.7. The van der Waals surface area contributed by atoms with Gasteiger partial charge in [-0.3, -0.25) is 4.79 Å². The highest BCUT2D eigenvalue weighted by Gasteiger charge is 2.25. The van der Waals surface area contributed by atoms with E-state index in [-0.39, 0.29) is 19.1 Å². The van der Waals surface area contributed by atoms with Crippen LogP contribution in [0.2, 0.25) is 0 Å². The van der Waals surface area contributed by atoms with Crippen molar-refractivity contribution in [2.24, 2.45) is 17.8 Å². The lowest BCUT2D eigenvalue weighted by Gasteiger charge is -2.30. The van der Waals surface area contributed by atoms with Gasteiger partial charge in [-0.1, -0.05) is 65.5 Å². The number of carbonyl (C=O) groups is 1. The molecular weight excluding hydrogens is 404 g/mol. The Morgan fingerprint density at radius 3 is 2.41 bits per heavy atom. The van der Waals surface area contributed by atoms with E-state index >= 15 is 0 Å². The molecule has 1 aliphatic rings. The molecule has 0 heterocycles. The topological polar surface area (TPSA) is 87.0 Å². The summed E-state index contributed by atoms with van der Waals surface area (Å²) in [7, 11) is 0. The molecule has 0 aromatic heterocycles. The molecule has 0 saturated carbocycles. The van der Waals surface area contributed by atoms with Crippen molar-refractivity contribution < 1.29 is 24.9 Å². The largest absolute Gasteiger partial charge is 0.492 e. The highest BCUT2D eigenvalue weighted by atomic mass is 16.5. The lowest BCUT2D eigenvalue weighted by atomic mass is 9.85. The fourth-order valence-electron chi connectivity index (χ4n) is 4.47. The van der Waals surface area contributed by atoms with Gasteiger partial charge in [-0.15, -0.1) is 0 Å². The normalized spacial score (nSPS) is 22.5. The first-order valence-corrected chi connectivity index (χ1v) is 12.7. The van der Waals surface area contributed by atoms with Crippen molar-refractivity contribution in [2.45, 2.75) is 117 Å². The van der Waals surface area contributed by atoms with Crippen molar-refractivity contribution in [1.29, 1.82) is 0 Å². The number of hydrogen-bond donors (Lipinski definition) is 3. The van der Waals surface area contributed by atoms with Gasteiger partial charge >= 0.3 is 5.97 Å². The van der Waals surface area contributed by atoms with E-state index in [9.17, 15) is 15.0 Å². The molecule has 32 heavy (non-hydrogen) atoms. The minimum absolute atomic E-state index is 0.0461. The molecule has 3 N–H and O–H groups in total. The van der Waals surface area contributed by atoms with Gasteiger partial charge in [0.15, 0.2) is 0 Å². The van der Waals surface area contributed by atoms with E-state index in [0.29, 0.717) is 30.6 Å². The third-order valence-corrected chi connectivity index (χ3v) is 6.99. The van der Waals surface area contributed by atoms with E-state index in [0.717, 1.165) is 57.1 Å². The van der Waals surface area contributed by atoms with Crippen molar-refractivity contribution >= 4 is 5.97 Å². The van der Waals surface area contributed by atoms with E-state index in [1.165, 1.54) is 5.57 Å². The molecule has 5 atom stereocenters. The van der Waals surface area contributed by atoms with E-state index in [1.807, 2.05) is 6.92 Å². The number of allylic oxidation sites excluding steroid dienone is 4. The summed E-state index contributed by atoms with van der Waals surface area (Å²) in [4.78, 5) is 10.6. The molecule has 1 aliphatic carbocycles. The SMILES string of the molecule is CCC1=C(OC(CO)CCCC(C)CCCC(C)(O)CCCCC(=O)O)C(C)C(C)C=C1. The summed E-state index contributed by atoms with van der Waals surface area (Å²) >= 11 is 0. The van der Waals surface area contributed by atoms with Crippen LogP contribution in [0.5, 0.6) is 0 Å². The molecule has 0 amide bonds. The van der Waals surface area contributed by atoms with E-state index in [1.54, 1.807) is 0 Å². The van der Waals surface area contributed by atoms with Gasteiger partial charge in [-0.25, -0.2) is 0 Å². The van der Waals surface area contributed by atoms with Crippen LogP contribution in [0, 0.1) is 17.8 Å². The van der Waals surface area contributed by atoms with Crippen LogP contribution < -0.4 is 0 Å². The predicted octanol–water partition coefficient (Wildman–Crippen LogP) is 6.24. The standard InChI is InChI=1S/C27H48O5/c1-6-23-16-15-21(3)22(4)26(23)32-24(19-28)13-9-11-20(2)12-10-18-27(5,31)17-8-7-14-25(29)30/h15-16,20-22,24,28,31H,6-14,17-19H2,1-5H3,(H,29,30). The summed E-state index contributed by atoms with van der Waals surface area (Å²) in [6.45, 7) is 10.7. The van der Waals surface area contributed by atoms with E-state index in [2.05, 4.69) is 39.8 Å². The zero-order chi connectivity index (χ0) is 24.1. The summed E-state index contributed by atoms with van der Waals surface area (Å²) in [6, 6.07) is 0. The third-order valence-electron chi connectivity index (χ3n) is 6.99. The second-order valence-electron chi connectivity index (χ2n) is 10.2. The predicted molar refractivity (Wildman–Crippen MR) is 130 cm³/mol. The van der Waals surface area contributed by atoms with Gasteiger partial charge in [0.1, 0.15) is 11.9 Å². The van der Waals surface area contributed by atoms with Gasteiger partial charge in [-0.05, 0) is 62.9 Å².